The van der Waals surface area contributed by atoms with Crippen molar-refractivity contribution in [1.29, 1.82) is 0 Å². The second-order valence-electron chi connectivity index (χ2n) is 17.5. The fourth-order valence-electron chi connectivity index (χ4n) is 8.22. The van der Waals surface area contributed by atoms with Crippen molar-refractivity contribution in [1.82, 2.24) is 34.8 Å². The Kier molecular flexibility index (Phi) is 19.3. The van der Waals surface area contributed by atoms with Crippen LogP contribution in [0.2, 0.25) is 0 Å². The van der Waals surface area contributed by atoms with E-state index >= 15 is 0 Å². The molecule has 0 unspecified atom stereocenters. The van der Waals surface area contributed by atoms with Crippen LogP contribution in [-0.2, 0) is 61.3 Å². The van der Waals surface area contributed by atoms with Gasteiger partial charge in [0.1, 0.15) is 11.4 Å². The molecule has 0 bridgehead atoms. The minimum Gasteiger partial charge on any atom is -0.461 e. The molecule has 0 N–H and O–H groups in total. The van der Waals surface area contributed by atoms with E-state index in [2.05, 4.69) is 44.1 Å². The summed E-state index contributed by atoms with van der Waals surface area (Å²) in [5, 5.41) is 0. The number of carbonyl (C=O) groups is 3. The van der Waals surface area contributed by atoms with Gasteiger partial charge in [-0.2, -0.15) is 0 Å². The lowest BCUT2D eigenvalue weighted by atomic mass is 9.97. The second kappa shape index (κ2) is 27.2. The molecule has 0 fully saturated rings. The quantitative estimate of drug-likeness (QED) is 0.0368. The van der Waals surface area contributed by atoms with Crippen LogP contribution in [-0.4, -0.2) is 97.9 Å². The van der Waals surface area contributed by atoms with Crippen LogP contribution in [0.4, 0.5) is 0 Å². The summed E-state index contributed by atoms with van der Waals surface area (Å²) in [5.74, 6) is -1.58. The van der Waals surface area contributed by atoms with Gasteiger partial charge in [-0.05, 0) is 97.6 Å². The number of hydrogen-bond donors (Lipinski definition) is 0. The zero-order valence-electron chi connectivity index (χ0n) is 42.7. The standard InChI is InChI=1S/C60H59N7O9/c1-4-74-57(68)54-24-15-22-51(64-54)49-29-26-45(33-62-49)37-71-40-60(67(35-43-17-9-7-10-18-43)36-44-19-11-8-12-20-44,41-72-38-46-27-30-50(63-34-46)52-23-16-25-55(65-52)58(69)75-5-2)42-73-39-47-28-31-53(48-21-13-14-32-61-48)66-56(47)59(70)76-6-3/h7-34H,4-6,35-42H2,1-3H3. The molecule has 0 aliphatic heterocycles. The van der Waals surface area contributed by atoms with E-state index < -0.39 is 23.4 Å². The molecular formula is C60H59N7O9. The summed E-state index contributed by atoms with van der Waals surface area (Å²) in [7, 11) is 0. The molecule has 388 valence electrons. The maximum Gasteiger partial charge on any atom is 0.357 e. The first-order valence-corrected chi connectivity index (χ1v) is 25.1. The smallest absolute Gasteiger partial charge is 0.357 e. The minimum absolute atomic E-state index is 0.00345. The van der Waals surface area contributed by atoms with Crippen molar-refractivity contribution >= 4 is 17.9 Å². The van der Waals surface area contributed by atoms with Crippen molar-refractivity contribution in [3.05, 3.63) is 215 Å². The van der Waals surface area contributed by atoms with Gasteiger partial charge in [0, 0.05) is 37.2 Å². The van der Waals surface area contributed by atoms with Gasteiger partial charge in [-0.1, -0.05) is 97.1 Å². The summed E-state index contributed by atoms with van der Waals surface area (Å²) in [6.07, 6.45) is 5.13. The van der Waals surface area contributed by atoms with Gasteiger partial charge in [-0.15, -0.1) is 0 Å². The van der Waals surface area contributed by atoms with E-state index in [0.29, 0.717) is 52.8 Å². The summed E-state index contributed by atoms with van der Waals surface area (Å²) in [4.78, 5) is 68.4. The van der Waals surface area contributed by atoms with Crippen molar-refractivity contribution in [2.75, 3.05) is 39.6 Å². The molecule has 0 saturated carbocycles. The van der Waals surface area contributed by atoms with Crippen LogP contribution in [0.1, 0.15) is 80.1 Å². The molecular weight excluding hydrogens is 963 g/mol. The lowest BCUT2D eigenvalue weighted by Crippen LogP contribution is -2.58. The molecule has 0 atom stereocenters. The monoisotopic (exact) mass is 1020 g/mol. The van der Waals surface area contributed by atoms with Gasteiger partial charge >= 0.3 is 17.9 Å². The Morgan fingerprint density at radius 1 is 0.421 bits per heavy atom. The normalized spacial score (nSPS) is 11.3. The topological polar surface area (TPSA) is 187 Å². The third-order valence-electron chi connectivity index (χ3n) is 12.0. The van der Waals surface area contributed by atoms with Crippen LogP contribution in [0.25, 0.3) is 34.2 Å². The molecule has 6 aromatic heterocycles. The van der Waals surface area contributed by atoms with Crippen LogP contribution in [0.5, 0.6) is 0 Å². The summed E-state index contributed by atoms with van der Waals surface area (Å²) >= 11 is 0. The van der Waals surface area contributed by atoms with Gasteiger partial charge in [-0.3, -0.25) is 19.9 Å². The molecule has 16 nitrogen and oxygen atoms in total. The van der Waals surface area contributed by atoms with E-state index in [4.69, 9.17) is 43.4 Å². The first kappa shape index (κ1) is 53.9. The number of nitrogens with zero attached hydrogens (tertiary/aromatic N) is 7. The molecule has 0 radical (unpaired) electrons. The minimum atomic E-state index is -0.993. The molecule has 0 saturated heterocycles. The highest BCUT2D eigenvalue weighted by molar-refractivity contribution is 5.90. The Balaban J connectivity index is 1.11. The third kappa shape index (κ3) is 14.7. The van der Waals surface area contributed by atoms with Crippen LogP contribution >= 0.6 is 0 Å². The number of esters is 3. The van der Waals surface area contributed by atoms with Crippen LogP contribution in [0.3, 0.4) is 0 Å². The Morgan fingerprint density at radius 2 is 0.868 bits per heavy atom. The predicted octanol–water partition coefficient (Wildman–Crippen LogP) is 9.98. The van der Waals surface area contributed by atoms with Gasteiger partial charge in [0.15, 0.2) is 5.69 Å². The van der Waals surface area contributed by atoms with E-state index in [0.717, 1.165) is 22.3 Å². The third-order valence-corrected chi connectivity index (χ3v) is 12.0. The van der Waals surface area contributed by atoms with Gasteiger partial charge in [-0.25, -0.2) is 29.3 Å². The van der Waals surface area contributed by atoms with E-state index in [-0.39, 0.29) is 76.5 Å². The highest BCUT2D eigenvalue weighted by Gasteiger charge is 2.39. The number of rotatable bonds is 26. The maximum atomic E-state index is 13.5. The Bertz CT molecular complexity index is 2980. The molecule has 6 heterocycles. The number of pyridine rings is 6. The van der Waals surface area contributed by atoms with E-state index in [9.17, 15) is 14.4 Å². The second-order valence-corrected chi connectivity index (χ2v) is 17.5. The summed E-state index contributed by atoms with van der Waals surface area (Å²) in [6.45, 7) is 7.55. The predicted molar refractivity (Wildman–Crippen MR) is 284 cm³/mol. The van der Waals surface area contributed by atoms with Crippen LogP contribution in [0, 0.1) is 0 Å². The molecule has 8 rings (SSSR count). The Morgan fingerprint density at radius 3 is 1.34 bits per heavy atom. The molecule has 0 aliphatic carbocycles. The fraction of sp³-hybridized carbons (Fsp3) is 0.250. The summed E-state index contributed by atoms with van der Waals surface area (Å²) in [6, 6.07) is 47.3. The largest absolute Gasteiger partial charge is 0.461 e. The van der Waals surface area contributed by atoms with Crippen LogP contribution < -0.4 is 0 Å². The van der Waals surface area contributed by atoms with Gasteiger partial charge < -0.3 is 28.4 Å². The van der Waals surface area contributed by atoms with Gasteiger partial charge in [0.2, 0.25) is 0 Å². The Labute approximate surface area is 442 Å². The zero-order valence-corrected chi connectivity index (χ0v) is 42.7. The Hall–Kier alpha value is -8.41. The SMILES string of the molecule is CCOC(=O)c1cccc(-c2ccc(COCC(COCc3ccc(-c4cccc(C(=O)OCC)n4)nc3)(COCc3ccc(-c4ccccn4)nc3C(=O)OCC)N(Cc3ccccc3)Cc3ccccc3)cn2)n1. The van der Waals surface area contributed by atoms with Crippen molar-refractivity contribution in [3.8, 4) is 34.2 Å². The number of ether oxygens (including phenoxy) is 6. The molecule has 0 aliphatic rings. The highest BCUT2D eigenvalue weighted by atomic mass is 16.5. The molecule has 16 heteroatoms. The average molecular weight is 1020 g/mol. The molecule has 0 amide bonds. The number of hydrogen-bond acceptors (Lipinski definition) is 16. The number of carbonyl (C=O) groups excluding carboxylic acids is 3. The fourth-order valence-corrected chi connectivity index (χ4v) is 8.22. The first-order valence-electron chi connectivity index (χ1n) is 25.1. The van der Waals surface area contributed by atoms with Gasteiger partial charge in [0.25, 0.3) is 0 Å². The number of benzene rings is 2. The average Bonchev–Trinajstić information content (AvgIpc) is 3.46. The zero-order chi connectivity index (χ0) is 53.0. The number of aromatic nitrogens is 6. The lowest BCUT2D eigenvalue weighted by molar-refractivity contribution is -0.115. The summed E-state index contributed by atoms with van der Waals surface area (Å²) < 4.78 is 36.2. The molecule has 8 aromatic rings. The van der Waals surface area contributed by atoms with Crippen LogP contribution in [0.15, 0.2) is 170 Å². The van der Waals surface area contributed by atoms with Crippen molar-refractivity contribution in [2.24, 2.45) is 0 Å². The molecule has 0 spiro atoms. The van der Waals surface area contributed by atoms with E-state index in [1.54, 1.807) is 75.8 Å². The van der Waals surface area contributed by atoms with E-state index in [1.807, 2.05) is 91.0 Å². The molecule has 76 heavy (non-hydrogen) atoms. The lowest BCUT2D eigenvalue weighted by Gasteiger charge is -2.43. The first-order chi connectivity index (χ1) is 37.2. The maximum absolute atomic E-state index is 13.5. The van der Waals surface area contributed by atoms with Crippen molar-refractivity contribution in [2.45, 2.75) is 59.2 Å². The molecule has 2 aromatic carbocycles. The van der Waals surface area contributed by atoms with E-state index in [1.165, 1.54) is 0 Å². The summed E-state index contributed by atoms with van der Waals surface area (Å²) in [5.41, 5.74) is 7.13. The highest BCUT2D eigenvalue weighted by Crippen LogP contribution is 2.28. The van der Waals surface area contributed by atoms with Gasteiger partial charge in [0.05, 0.1) is 99.2 Å². The van der Waals surface area contributed by atoms with Crippen molar-refractivity contribution < 1.29 is 42.8 Å². The van der Waals surface area contributed by atoms with Crippen molar-refractivity contribution in [3.63, 3.8) is 0 Å².